The van der Waals surface area contributed by atoms with Crippen LogP contribution in [0, 0.1) is 16.0 Å². The fourth-order valence-electron chi connectivity index (χ4n) is 3.24. The molecule has 0 bridgehead atoms. The Morgan fingerprint density at radius 1 is 1.38 bits per heavy atom. The lowest BCUT2D eigenvalue weighted by atomic mass is 9.93. The number of piperidine rings is 1. The van der Waals surface area contributed by atoms with E-state index in [0.717, 1.165) is 25.9 Å². The SMILES string of the molecule is CC1CC(=O)NN=C1c1ccc(N2CCC(N)CC2)c([N+](=O)[O-])c1. The molecule has 8 heteroatoms. The predicted octanol–water partition coefficient (Wildman–Crippen LogP) is 1.38. The van der Waals surface area contributed by atoms with Crippen molar-refractivity contribution in [2.75, 3.05) is 18.0 Å². The molecule has 0 saturated carbocycles. The molecule has 2 heterocycles. The van der Waals surface area contributed by atoms with Crippen LogP contribution in [0.15, 0.2) is 23.3 Å². The number of carbonyl (C=O) groups excluding carboxylic acids is 1. The number of nitrogens with zero attached hydrogens (tertiary/aromatic N) is 3. The molecule has 1 amide bonds. The van der Waals surface area contributed by atoms with Gasteiger partial charge in [-0.2, -0.15) is 5.10 Å². The first-order chi connectivity index (χ1) is 11.5. The summed E-state index contributed by atoms with van der Waals surface area (Å²) in [5.41, 5.74) is 10.4. The van der Waals surface area contributed by atoms with Gasteiger partial charge in [-0.1, -0.05) is 13.0 Å². The van der Waals surface area contributed by atoms with E-state index >= 15 is 0 Å². The van der Waals surface area contributed by atoms with Gasteiger partial charge in [0.05, 0.1) is 10.6 Å². The van der Waals surface area contributed by atoms with Gasteiger partial charge in [-0.05, 0) is 18.9 Å². The van der Waals surface area contributed by atoms with Crippen LogP contribution in [-0.2, 0) is 4.79 Å². The van der Waals surface area contributed by atoms with Gasteiger partial charge < -0.3 is 10.6 Å². The van der Waals surface area contributed by atoms with Crippen molar-refractivity contribution in [3.05, 3.63) is 33.9 Å². The maximum Gasteiger partial charge on any atom is 0.293 e. The summed E-state index contributed by atoms with van der Waals surface area (Å²) in [5, 5.41) is 15.6. The molecule has 24 heavy (non-hydrogen) atoms. The second-order valence-corrected chi connectivity index (χ2v) is 6.42. The van der Waals surface area contributed by atoms with Gasteiger partial charge in [0.1, 0.15) is 5.69 Å². The van der Waals surface area contributed by atoms with E-state index in [0.29, 0.717) is 23.4 Å². The van der Waals surface area contributed by atoms with E-state index in [4.69, 9.17) is 5.73 Å². The van der Waals surface area contributed by atoms with Crippen molar-refractivity contribution in [2.24, 2.45) is 16.8 Å². The molecule has 1 unspecified atom stereocenters. The van der Waals surface area contributed by atoms with E-state index < -0.39 is 0 Å². The average Bonchev–Trinajstić information content (AvgIpc) is 2.55. The van der Waals surface area contributed by atoms with Crippen molar-refractivity contribution in [1.82, 2.24) is 5.43 Å². The topological polar surface area (TPSA) is 114 Å². The van der Waals surface area contributed by atoms with Gasteiger partial charge in [0.15, 0.2) is 0 Å². The molecule has 128 valence electrons. The number of hydrogen-bond donors (Lipinski definition) is 2. The maximum atomic E-state index is 11.5. The normalized spacial score (nSPS) is 22.1. The summed E-state index contributed by atoms with van der Waals surface area (Å²) < 4.78 is 0. The molecule has 2 aliphatic heterocycles. The summed E-state index contributed by atoms with van der Waals surface area (Å²) in [6.07, 6.45) is 1.99. The van der Waals surface area contributed by atoms with Crippen LogP contribution in [0.3, 0.4) is 0 Å². The van der Waals surface area contributed by atoms with Crippen molar-refractivity contribution in [1.29, 1.82) is 0 Å². The van der Waals surface area contributed by atoms with Gasteiger partial charge in [0.25, 0.3) is 5.69 Å². The van der Waals surface area contributed by atoms with Gasteiger partial charge in [-0.3, -0.25) is 14.9 Å². The van der Waals surface area contributed by atoms with Crippen molar-refractivity contribution >= 4 is 23.0 Å². The molecule has 1 fully saturated rings. The molecule has 0 aromatic heterocycles. The van der Waals surface area contributed by atoms with Crippen LogP contribution in [0.2, 0.25) is 0 Å². The zero-order chi connectivity index (χ0) is 17.3. The number of anilines is 1. The Hall–Kier alpha value is -2.48. The number of nitrogens with one attached hydrogen (secondary N) is 1. The highest BCUT2D eigenvalue weighted by atomic mass is 16.6. The van der Waals surface area contributed by atoms with Crippen LogP contribution in [0.5, 0.6) is 0 Å². The number of hydrazone groups is 1. The number of rotatable bonds is 3. The molecule has 0 spiro atoms. The average molecular weight is 331 g/mol. The summed E-state index contributed by atoms with van der Waals surface area (Å²) >= 11 is 0. The standard InChI is InChI=1S/C16H21N5O3/c1-10-8-15(22)18-19-16(10)11-2-3-13(14(9-11)21(23)24)20-6-4-12(17)5-7-20/h2-3,9-10,12H,4-8,17H2,1H3,(H,18,22). The lowest BCUT2D eigenvalue weighted by Gasteiger charge is -2.31. The highest BCUT2D eigenvalue weighted by Crippen LogP contribution is 2.32. The molecule has 1 aromatic rings. The van der Waals surface area contributed by atoms with Crippen LogP contribution in [0.1, 0.15) is 31.7 Å². The molecule has 3 rings (SSSR count). The number of nitrogens with two attached hydrogens (primary N) is 1. The van der Waals surface area contributed by atoms with Crippen molar-refractivity contribution in [3.63, 3.8) is 0 Å². The zero-order valence-corrected chi connectivity index (χ0v) is 13.6. The molecular weight excluding hydrogens is 310 g/mol. The quantitative estimate of drug-likeness (QED) is 0.641. The molecule has 0 aliphatic carbocycles. The Labute approximate surface area is 139 Å². The molecule has 1 saturated heterocycles. The fourth-order valence-corrected chi connectivity index (χ4v) is 3.24. The minimum absolute atomic E-state index is 0.0646. The minimum atomic E-state index is -0.361. The van der Waals surface area contributed by atoms with Crippen molar-refractivity contribution in [3.8, 4) is 0 Å². The van der Waals surface area contributed by atoms with Gasteiger partial charge in [-0.25, -0.2) is 5.43 Å². The summed E-state index contributed by atoms with van der Waals surface area (Å²) in [6, 6.07) is 5.33. The summed E-state index contributed by atoms with van der Waals surface area (Å²) in [4.78, 5) is 24.6. The fraction of sp³-hybridized carbons (Fsp3) is 0.500. The molecule has 3 N–H and O–H groups in total. The van der Waals surface area contributed by atoms with Crippen LogP contribution in [0.4, 0.5) is 11.4 Å². The minimum Gasteiger partial charge on any atom is -0.366 e. The lowest BCUT2D eigenvalue weighted by Crippen LogP contribution is -2.40. The summed E-state index contributed by atoms with van der Waals surface area (Å²) in [7, 11) is 0. The first kappa shape index (κ1) is 16.4. The Morgan fingerprint density at radius 2 is 2.08 bits per heavy atom. The second-order valence-electron chi connectivity index (χ2n) is 6.42. The monoisotopic (exact) mass is 331 g/mol. The number of amides is 1. The van der Waals surface area contributed by atoms with Crippen molar-refractivity contribution in [2.45, 2.75) is 32.2 Å². The maximum absolute atomic E-state index is 11.5. The van der Waals surface area contributed by atoms with E-state index in [1.165, 1.54) is 0 Å². The van der Waals surface area contributed by atoms with Gasteiger partial charge in [0.2, 0.25) is 5.91 Å². The third kappa shape index (κ3) is 3.23. The Kier molecular flexibility index (Phi) is 4.48. The molecule has 8 nitrogen and oxygen atoms in total. The van der Waals surface area contributed by atoms with Crippen LogP contribution >= 0.6 is 0 Å². The Balaban J connectivity index is 1.93. The Morgan fingerprint density at radius 3 is 2.71 bits per heavy atom. The first-order valence-corrected chi connectivity index (χ1v) is 8.11. The largest absolute Gasteiger partial charge is 0.366 e. The zero-order valence-electron chi connectivity index (χ0n) is 13.6. The number of hydrogen-bond acceptors (Lipinski definition) is 6. The van der Waals surface area contributed by atoms with Gasteiger partial charge >= 0.3 is 0 Å². The van der Waals surface area contributed by atoms with Crippen LogP contribution in [-0.4, -0.2) is 35.7 Å². The molecule has 1 aromatic carbocycles. The van der Waals surface area contributed by atoms with E-state index in [9.17, 15) is 14.9 Å². The third-order valence-electron chi connectivity index (χ3n) is 4.61. The first-order valence-electron chi connectivity index (χ1n) is 8.11. The third-order valence-corrected chi connectivity index (χ3v) is 4.61. The van der Waals surface area contributed by atoms with Crippen molar-refractivity contribution < 1.29 is 9.72 Å². The second kappa shape index (κ2) is 6.56. The summed E-state index contributed by atoms with van der Waals surface area (Å²) in [5.74, 6) is -0.209. The Bertz CT molecular complexity index is 695. The molecule has 0 radical (unpaired) electrons. The van der Waals surface area contributed by atoms with E-state index in [1.807, 2.05) is 17.9 Å². The smallest absolute Gasteiger partial charge is 0.293 e. The van der Waals surface area contributed by atoms with E-state index in [2.05, 4.69) is 10.5 Å². The number of benzene rings is 1. The molecular formula is C16H21N5O3. The van der Waals surface area contributed by atoms with Gasteiger partial charge in [0, 0.05) is 43.1 Å². The highest BCUT2D eigenvalue weighted by molar-refractivity contribution is 6.06. The number of nitro benzene ring substituents is 1. The lowest BCUT2D eigenvalue weighted by molar-refractivity contribution is -0.384. The summed E-state index contributed by atoms with van der Waals surface area (Å²) in [6.45, 7) is 3.33. The molecule has 1 atom stereocenters. The molecule has 2 aliphatic rings. The van der Waals surface area contributed by atoms with Gasteiger partial charge in [-0.15, -0.1) is 0 Å². The van der Waals surface area contributed by atoms with E-state index in [1.54, 1.807) is 12.1 Å². The number of nitro groups is 1. The highest BCUT2D eigenvalue weighted by Gasteiger charge is 2.27. The van der Waals surface area contributed by atoms with Crippen LogP contribution < -0.4 is 16.1 Å². The predicted molar refractivity (Wildman–Crippen MR) is 91.0 cm³/mol. The van der Waals surface area contributed by atoms with E-state index in [-0.39, 0.29) is 28.5 Å². The number of carbonyl (C=O) groups is 1. The van der Waals surface area contributed by atoms with Crippen LogP contribution in [0.25, 0.3) is 0 Å².